The Kier molecular flexibility index (Phi) is 5.15. The van der Waals surface area contributed by atoms with Gasteiger partial charge >= 0.3 is 0 Å². The predicted octanol–water partition coefficient (Wildman–Crippen LogP) is 3.69. The van der Waals surface area contributed by atoms with Crippen LogP contribution in [0, 0.1) is 0 Å². The number of hydrogen-bond donors (Lipinski definition) is 2. The Morgan fingerprint density at radius 2 is 1.87 bits per heavy atom. The van der Waals surface area contributed by atoms with Crippen molar-refractivity contribution in [1.82, 2.24) is 5.32 Å². The molecule has 0 saturated carbocycles. The SMILES string of the molecule is CCCNC(=S)Nc1cc(Cl)cc(Cl)c1. The molecule has 82 valence electrons. The van der Waals surface area contributed by atoms with Crippen molar-refractivity contribution in [2.45, 2.75) is 13.3 Å². The zero-order valence-electron chi connectivity index (χ0n) is 8.31. The molecule has 0 aliphatic rings. The molecule has 5 heteroatoms. The van der Waals surface area contributed by atoms with E-state index in [0.29, 0.717) is 15.2 Å². The highest BCUT2D eigenvalue weighted by molar-refractivity contribution is 7.80. The number of anilines is 1. The molecule has 1 rings (SSSR count). The minimum Gasteiger partial charge on any atom is -0.362 e. The molecule has 2 N–H and O–H groups in total. The predicted molar refractivity (Wildman–Crippen MR) is 71.0 cm³/mol. The lowest BCUT2D eigenvalue weighted by molar-refractivity contribution is 0.846. The highest BCUT2D eigenvalue weighted by Crippen LogP contribution is 2.22. The monoisotopic (exact) mass is 262 g/mol. The van der Waals surface area contributed by atoms with Gasteiger partial charge in [0.25, 0.3) is 0 Å². The Bertz CT molecular complexity index is 335. The first-order valence-electron chi connectivity index (χ1n) is 4.62. The van der Waals surface area contributed by atoms with Crippen LogP contribution in [0.25, 0.3) is 0 Å². The molecule has 15 heavy (non-hydrogen) atoms. The first-order chi connectivity index (χ1) is 7.11. The quantitative estimate of drug-likeness (QED) is 0.813. The van der Waals surface area contributed by atoms with E-state index in [2.05, 4.69) is 17.6 Å². The number of nitrogens with one attached hydrogen (secondary N) is 2. The molecule has 0 amide bonds. The molecule has 0 unspecified atom stereocenters. The van der Waals surface area contributed by atoms with Gasteiger partial charge in [0.1, 0.15) is 0 Å². The molecule has 1 aromatic carbocycles. The lowest BCUT2D eigenvalue weighted by atomic mass is 10.3. The second kappa shape index (κ2) is 6.16. The third-order valence-electron chi connectivity index (χ3n) is 1.66. The number of thiocarbonyl (C=S) groups is 1. The van der Waals surface area contributed by atoms with Gasteiger partial charge in [0, 0.05) is 22.3 Å². The Hall–Kier alpha value is -0.510. The fourth-order valence-electron chi connectivity index (χ4n) is 1.04. The van der Waals surface area contributed by atoms with Crippen molar-refractivity contribution in [3.63, 3.8) is 0 Å². The Labute approximate surface area is 105 Å². The average Bonchev–Trinajstić information content (AvgIpc) is 2.13. The van der Waals surface area contributed by atoms with E-state index >= 15 is 0 Å². The minimum absolute atomic E-state index is 0.579. The highest BCUT2D eigenvalue weighted by Gasteiger charge is 1.99. The summed E-state index contributed by atoms with van der Waals surface area (Å²) in [5, 5.41) is 7.82. The average molecular weight is 263 g/mol. The van der Waals surface area contributed by atoms with Crippen molar-refractivity contribution in [1.29, 1.82) is 0 Å². The van der Waals surface area contributed by atoms with Crippen LogP contribution in [0.5, 0.6) is 0 Å². The second-order valence-electron chi connectivity index (χ2n) is 3.04. The van der Waals surface area contributed by atoms with Gasteiger partial charge in [0.05, 0.1) is 0 Å². The van der Waals surface area contributed by atoms with Gasteiger partial charge in [-0.05, 0) is 36.8 Å². The summed E-state index contributed by atoms with van der Waals surface area (Å²) in [6, 6.07) is 5.22. The van der Waals surface area contributed by atoms with Gasteiger partial charge in [0.2, 0.25) is 0 Å². The molecule has 0 saturated heterocycles. The van der Waals surface area contributed by atoms with Crippen LogP contribution in [0.2, 0.25) is 10.0 Å². The van der Waals surface area contributed by atoms with Gasteiger partial charge in [-0.25, -0.2) is 0 Å². The first kappa shape index (κ1) is 12.6. The fourth-order valence-corrected chi connectivity index (χ4v) is 1.79. The second-order valence-corrected chi connectivity index (χ2v) is 4.32. The number of halogens is 2. The molecule has 0 heterocycles. The molecular weight excluding hydrogens is 251 g/mol. The van der Waals surface area contributed by atoms with Crippen LogP contribution in [0.15, 0.2) is 18.2 Å². The summed E-state index contributed by atoms with van der Waals surface area (Å²) in [6.45, 7) is 2.92. The van der Waals surface area contributed by atoms with Gasteiger partial charge in [-0.3, -0.25) is 0 Å². The summed E-state index contributed by atoms with van der Waals surface area (Å²) in [5.41, 5.74) is 0.793. The normalized spacial score (nSPS) is 9.80. The van der Waals surface area contributed by atoms with Gasteiger partial charge in [-0.15, -0.1) is 0 Å². The standard InChI is InChI=1S/C10H12Cl2N2S/c1-2-3-13-10(15)14-9-5-7(11)4-8(12)6-9/h4-6H,2-3H2,1H3,(H2,13,14,15). The molecule has 0 atom stereocenters. The van der Waals surface area contributed by atoms with E-state index in [1.165, 1.54) is 0 Å². The molecule has 0 fully saturated rings. The Balaban J connectivity index is 2.60. The maximum absolute atomic E-state index is 5.85. The smallest absolute Gasteiger partial charge is 0.170 e. The molecule has 2 nitrogen and oxygen atoms in total. The molecule has 0 aliphatic carbocycles. The summed E-state index contributed by atoms with van der Waals surface area (Å²) in [5.74, 6) is 0. The summed E-state index contributed by atoms with van der Waals surface area (Å²) >= 11 is 16.8. The summed E-state index contributed by atoms with van der Waals surface area (Å²) in [4.78, 5) is 0. The Morgan fingerprint density at radius 3 is 2.40 bits per heavy atom. The number of hydrogen-bond acceptors (Lipinski definition) is 1. The summed E-state index contributed by atoms with van der Waals surface area (Å²) in [7, 11) is 0. The molecule has 0 bridgehead atoms. The largest absolute Gasteiger partial charge is 0.362 e. The zero-order valence-corrected chi connectivity index (χ0v) is 10.6. The third-order valence-corrected chi connectivity index (χ3v) is 2.34. The van der Waals surface area contributed by atoms with E-state index in [4.69, 9.17) is 35.4 Å². The van der Waals surface area contributed by atoms with E-state index in [1.54, 1.807) is 18.2 Å². The summed E-state index contributed by atoms with van der Waals surface area (Å²) < 4.78 is 0. The molecular formula is C10H12Cl2N2S. The van der Waals surface area contributed by atoms with Crippen molar-refractivity contribution >= 4 is 46.2 Å². The summed E-state index contributed by atoms with van der Waals surface area (Å²) in [6.07, 6.45) is 1.03. The first-order valence-corrected chi connectivity index (χ1v) is 5.79. The van der Waals surface area contributed by atoms with E-state index in [-0.39, 0.29) is 0 Å². The van der Waals surface area contributed by atoms with E-state index in [9.17, 15) is 0 Å². The zero-order chi connectivity index (χ0) is 11.3. The molecule has 0 spiro atoms. The van der Waals surface area contributed by atoms with E-state index < -0.39 is 0 Å². The van der Waals surface area contributed by atoms with Crippen LogP contribution in [-0.2, 0) is 0 Å². The molecule has 0 aliphatic heterocycles. The fraction of sp³-hybridized carbons (Fsp3) is 0.300. The molecule has 0 radical (unpaired) electrons. The topological polar surface area (TPSA) is 24.1 Å². The van der Waals surface area contributed by atoms with Crippen LogP contribution in [0.1, 0.15) is 13.3 Å². The van der Waals surface area contributed by atoms with Crippen molar-refractivity contribution in [3.8, 4) is 0 Å². The van der Waals surface area contributed by atoms with Crippen LogP contribution < -0.4 is 10.6 Å². The van der Waals surface area contributed by atoms with Gasteiger partial charge < -0.3 is 10.6 Å². The highest BCUT2D eigenvalue weighted by atomic mass is 35.5. The third kappa shape index (κ3) is 4.69. The lowest BCUT2D eigenvalue weighted by Gasteiger charge is -2.10. The minimum atomic E-state index is 0.579. The van der Waals surface area contributed by atoms with Crippen LogP contribution in [0.4, 0.5) is 5.69 Å². The van der Waals surface area contributed by atoms with Crippen LogP contribution in [-0.4, -0.2) is 11.7 Å². The van der Waals surface area contributed by atoms with Crippen LogP contribution in [0.3, 0.4) is 0 Å². The van der Waals surface area contributed by atoms with Crippen LogP contribution >= 0.6 is 35.4 Å². The maximum Gasteiger partial charge on any atom is 0.170 e. The number of benzene rings is 1. The van der Waals surface area contributed by atoms with Gasteiger partial charge in [0.15, 0.2) is 5.11 Å². The number of rotatable bonds is 3. The van der Waals surface area contributed by atoms with Gasteiger partial charge in [-0.2, -0.15) is 0 Å². The maximum atomic E-state index is 5.85. The van der Waals surface area contributed by atoms with Gasteiger partial charge in [-0.1, -0.05) is 30.1 Å². The van der Waals surface area contributed by atoms with E-state index in [0.717, 1.165) is 18.7 Å². The Morgan fingerprint density at radius 1 is 1.27 bits per heavy atom. The van der Waals surface area contributed by atoms with Crippen molar-refractivity contribution < 1.29 is 0 Å². The lowest BCUT2D eigenvalue weighted by Crippen LogP contribution is -2.28. The van der Waals surface area contributed by atoms with Crippen molar-refractivity contribution in [3.05, 3.63) is 28.2 Å². The van der Waals surface area contributed by atoms with Crippen molar-refractivity contribution in [2.24, 2.45) is 0 Å². The van der Waals surface area contributed by atoms with E-state index in [1.807, 2.05) is 0 Å². The molecule has 1 aromatic rings. The van der Waals surface area contributed by atoms with Crippen molar-refractivity contribution in [2.75, 3.05) is 11.9 Å². The molecule has 0 aromatic heterocycles.